The molecule has 0 radical (unpaired) electrons. The summed E-state index contributed by atoms with van der Waals surface area (Å²) in [4.78, 5) is 33.9. The van der Waals surface area contributed by atoms with Gasteiger partial charge in [0.25, 0.3) is 0 Å². The molecule has 2 unspecified atom stereocenters. The van der Waals surface area contributed by atoms with Crippen LogP contribution in [0.4, 0.5) is 13.2 Å². The summed E-state index contributed by atoms with van der Waals surface area (Å²) in [5.41, 5.74) is 0. The Morgan fingerprint density at radius 2 is 1.48 bits per heavy atom. The zero-order chi connectivity index (χ0) is 16.2. The lowest BCUT2D eigenvalue weighted by atomic mass is 9.78. The molecule has 1 aliphatic rings. The highest BCUT2D eigenvalue weighted by molar-refractivity contribution is 5.86. The summed E-state index contributed by atoms with van der Waals surface area (Å²) < 4.78 is 38.8. The molecule has 1 saturated carbocycles. The molecule has 0 spiro atoms. The molecule has 0 saturated heterocycles. The molecule has 2 atom stereocenters. The van der Waals surface area contributed by atoms with Crippen molar-refractivity contribution in [2.45, 2.75) is 31.9 Å². The van der Waals surface area contributed by atoms with Crippen LogP contribution in [-0.2, 0) is 14.4 Å². The number of halogens is 3. The molecule has 120 valence electrons. The fraction of sp³-hybridized carbons (Fsp3) is 0.750. The van der Waals surface area contributed by atoms with Crippen LogP contribution in [0.1, 0.15) is 25.7 Å². The minimum absolute atomic E-state index is 0.0151. The first kappa shape index (κ1) is 17.3. The van der Waals surface area contributed by atoms with Gasteiger partial charge in [-0.15, -0.1) is 0 Å². The van der Waals surface area contributed by atoms with E-state index in [2.05, 4.69) is 0 Å². The first-order valence-corrected chi connectivity index (χ1v) is 6.42. The van der Waals surface area contributed by atoms with E-state index in [-0.39, 0.29) is 12.8 Å². The highest BCUT2D eigenvalue weighted by Crippen LogP contribution is 2.42. The average Bonchev–Trinajstić information content (AvgIpc) is 2.35. The van der Waals surface area contributed by atoms with Crippen molar-refractivity contribution >= 4 is 17.8 Å². The quantitative estimate of drug-likeness (QED) is 0.799. The van der Waals surface area contributed by atoms with Crippen molar-refractivity contribution in [2.75, 3.05) is 13.1 Å². The Bertz CT molecular complexity index is 408. The first-order chi connectivity index (χ1) is 9.62. The van der Waals surface area contributed by atoms with Gasteiger partial charge in [0.15, 0.2) is 0 Å². The molecule has 9 heteroatoms. The number of hydrogen-bond acceptors (Lipinski definition) is 3. The van der Waals surface area contributed by atoms with Gasteiger partial charge in [0.1, 0.15) is 13.1 Å². The van der Waals surface area contributed by atoms with Gasteiger partial charge < -0.3 is 15.1 Å². The Morgan fingerprint density at radius 1 is 1.00 bits per heavy atom. The van der Waals surface area contributed by atoms with Crippen LogP contribution in [0.3, 0.4) is 0 Å². The van der Waals surface area contributed by atoms with Crippen molar-refractivity contribution in [3.8, 4) is 0 Å². The predicted molar refractivity (Wildman–Crippen MR) is 63.4 cm³/mol. The van der Waals surface area contributed by atoms with Gasteiger partial charge in [-0.25, -0.2) is 0 Å². The number of carboxylic acid groups (broad SMARTS) is 2. The van der Waals surface area contributed by atoms with Gasteiger partial charge in [0, 0.05) is 5.92 Å². The van der Waals surface area contributed by atoms with Crippen LogP contribution in [0.25, 0.3) is 0 Å². The van der Waals surface area contributed by atoms with Crippen LogP contribution in [-0.4, -0.2) is 52.2 Å². The summed E-state index contributed by atoms with van der Waals surface area (Å²) in [5, 5.41) is 17.3. The third-order valence-corrected chi connectivity index (χ3v) is 3.47. The SMILES string of the molecule is O=C(O)CN(CC(=O)O)C(=O)C1CCCCC1C(F)(F)F. The molecule has 0 aromatic rings. The molecule has 1 rings (SSSR count). The van der Waals surface area contributed by atoms with Gasteiger partial charge in [0.05, 0.1) is 5.92 Å². The monoisotopic (exact) mass is 311 g/mol. The van der Waals surface area contributed by atoms with E-state index in [4.69, 9.17) is 10.2 Å². The van der Waals surface area contributed by atoms with Crippen LogP contribution in [0.2, 0.25) is 0 Å². The smallest absolute Gasteiger partial charge is 0.392 e. The maximum absolute atomic E-state index is 12.9. The van der Waals surface area contributed by atoms with Crippen molar-refractivity contribution in [2.24, 2.45) is 11.8 Å². The highest BCUT2D eigenvalue weighted by Gasteiger charge is 2.49. The lowest BCUT2D eigenvalue weighted by Gasteiger charge is -2.34. The Labute approximate surface area is 118 Å². The minimum atomic E-state index is -4.56. The number of rotatable bonds is 5. The minimum Gasteiger partial charge on any atom is -0.480 e. The first-order valence-electron chi connectivity index (χ1n) is 6.42. The van der Waals surface area contributed by atoms with Crippen molar-refractivity contribution < 1.29 is 37.8 Å². The number of carboxylic acids is 2. The molecule has 0 heterocycles. The van der Waals surface area contributed by atoms with Crippen molar-refractivity contribution in [1.29, 1.82) is 0 Å². The second-order valence-electron chi connectivity index (χ2n) is 5.02. The fourth-order valence-corrected chi connectivity index (χ4v) is 2.59. The van der Waals surface area contributed by atoms with Crippen LogP contribution >= 0.6 is 0 Å². The number of aliphatic carboxylic acids is 2. The lowest BCUT2D eigenvalue weighted by Crippen LogP contribution is -2.47. The number of alkyl halides is 3. The average molecular weight is 311 g/mol. The Morgan fingerprint density at radius 3 is 1.90 bits per heavy atom. The number of amides is 1. The summed E-state index contributed by atoms with van der Waals surface area (Å²) >= 11 is 0. The molecule has 0 aromatic heterocycles. The summed E-state index contributed by atoms with van der Waals surface area (Å²) in [5.74, 6) is -7.24. The molecular weight excluding hydrogens is 295 g/mol. The predicted octanol–water partition coefficient (Wildman–Crippen LogP) is 1.35. The largest absolute Gasteiger partial charge is 0.480 e. The van der Waals surface area contributed by atoms with E-state index < -0.39 is 48.9 Å². The number of carbonyl (C=O) groups excluding carboxylic acids is 1. The third-order valence-electron chi connectivity index (χ3n) is 3.47. The standard InChI is InChI=1S/C12H16F3NO5/c13-12(14,15)8-4-2-1-3-7(8)11(21)16(5-9(17)18)6-10(19)20/h7-8H,1-6H2,(H,17,18)(H,19,20). The maximum atomic E-state index is 12.9. The van der Waals surface area contributed by atoms with Crippen LogP contribution in [0.15, 0.2) is 0 Å². The van der Waals surface area contributed by atoms with Crippen molar-refractivity contribution in [3.63, 3.8) is 0 Å². The molecule has 21 heavy (non-hydrogen) atoms. The van der Waals surface area contributed by atoms with E-state index in [1.54, 1.807) is 0 Å². The zero-order valence-corrected chi connectivity index (χ0v) is 11.1. The van der Waals surface area contributed by atoms with Gasteiger partial charge in [-0.2, -0.15) is 13.2 Å². The number of carbonyl (C=O) groups is 3. The molecule has 1 aliphatic carbocycles. The van der Waals surface area contributed by atoms with Crippen LogP contribution < -0.4 is 0 Å². The van der Waals surface area contributed by atoms with E-state index in [0.29, 0.717) is 17.7 Å². The van der Waals surface area contributed by atoms with Gasteiger partial charge in [0.2, 0.25) is 5.91 Å². The molecule has 0 aromatic carbocycles. The topological polar surface area (TPSA) is 94.9 Å². The second-order valence-corrected chi connectivity index (χ2v) is 5.02. The van der Waals surface area contributed by atoms with Gasteiger partial charge in [-0.3, -0.25) is 14.4 Å². The zero-order valence-electron chi connectivity index (χ0n) is 11.1. The summed E-state index contributed by atoms with van der Waals surface area (Å²) in [6, 6.07) is 0. The third kappa shape index (κ3) is 4.91. The lowest BCUT2D eigenvalue weighted by molar-refractivity contribution is -0.201. The van der Waals surface area contributed by atoms with Gasteiger partial charge in [-0.1, -0.05) is 12.8 Å². The molecule has 1 fully saturated rings. The second kappa shape index (κ2) is 6.77. The van der Waals surface area contributed by atoms with E-state index >= 15 is 0 Å². The molecule has 2 N–H and O–H groups in total. The summed E-state index contributed by atoms with van der Waals surface area (Å²) in [6.07, 6.45) is -4.01. The molecule has 1 amide bonds. The normalized spacial score (nSPS) is 22.6. The summed E-state index contributed by atoms with van der Waals surface area (Å²) in [7, 11) is 0. The van der Waals surface area contributed by atoms with E-state index in [1.165, 1.54) is 0 Å². The summed E-state index contributed by atoms with van der Waals surface area (Å²) in [6.45, 7) is -1.85. The van der Waals surface area contributed by atoms with Gasteiger partial charge >= 0.3 is 18.1 Å². The van der Waals surface area contributed by atoms with Crippen LogP contribution in [0.5, 0.6) is 0 Å². The molecular formula is C12H16F3NO5. The Kier molecular flexibility index (Phi) is 5.56. The Hall–Kier alpha value is -1.80. The number of nitrogens with zero attached hydrogens (tertiary/aromatic N) is 1. The van der Waals surface area contributed by atoms with Crippen LogP contribution in [0, 0.1) is 11.8 Å². The molecule has 0 bridgehead atoms. The van der Waals surface area contributed by atoms with E-state index in [0.717, 1.165) is 0 Å². The molecule has 0 aliphatic heterocycles. The van der Waals surface area contributed by atoms with Crippen molar-refractivity contribution in [1.82, 2.24) is 4.90 Å². The Balaban J connectivity index is 2.93. The van der Waals surface area contributed by atoms with E-state index in [9.17, 15) is 27.6 Å². The van der Waals surface area contributed by atoms with Crippen molar-refractivity contribution in [3.05, 3.63) is 0 Å². The molecule has 6 nitrogen and oxygen atoms in total. The highest BCUT2D eigenvalue weighted by atomic mass is 19.4. The maximum Gasteiger partial charge on any atom is 0.392 e. The van der Waals surface area contributed by atoms with E-state index in [1.807, 2.05) is 0 Å². The van der Waals surface area contributed by atoms with Gasteiger partial charge in [-0.05, 0) is 12.8 Å². The number of hydrogen-bond donors (Lipinski definition) is 2. The fourth-order valence-electron chi connectivity index (χ4n) is 2.59.